The summed E-state index contributed by atoms with van der Waals surface area (Å²) in [6.45, 7) is 4.11. The van der Waals surface area contributed by atoms with Crippen molar-refractivity contribution in [2.45, 2.75) is 26.2 Å². The topological polar surface area (TPSA) is 60.0 Å². The fourth-order valence-corrected chi connectivity index (χ4v) is 2.34. The van der Waals surface area contributed by atoms with Gasteiger partial charge in [-0.25, -0.2) is 0 Å². The standard InChI is InChI=1S/C12H17N5O/c1-3-10-9(8-16(2)14-10)11-13-12(15-18-11)17-6-4-5-7-17/h8H,3-7H2,1-2H3. The summed E-state index contributed by atoms with van der Waals surface area (Å²) < 4.78 is 7.15. The van der Waals surface area contributed by atoms with Gasteiger partial charge in [0.25, 0.3) is 11.8 Å². The highest BCUT2D eigenvalue weighted by atomic mass is 16.5. The summed E-state index contributed by atoms with van der Waals surface area (Å²) in [5.41, 5.74) is 1.94. The Morgan fingerprint density at radius 3 is 2.83 bits per heavy atom. The zero-order valence-electron chi connectivity index (χ0n) is 10.8. The Hall–Kier alpha value is -1.85. The zero-order valence-corrected chi connectivity index (χ0v) is 10.8. The first-order chi connectivity index (χ1) is 8.78. The third-order valence-corrected chi connectivity index (χ3v) is 3.27. The van der Waals surface area contributed by atoms with Crippen LogP contribution in [0.15, 0.2) is 10.7 Å². The maximum Gasteiger partial charge on any atom is 0.266 e. The van der Waals surface area contributed by atoms with Crippen molar-refractivity contribution >= 4 is 5.95 Å². The van der Waals surface area contributed by atoms with E-state index in [1.165, 1.54) is 12.8 Å². The van der Waals surface area contributed by atoms with Gasteiger partial charge in [-0.2, -0.15) is 10.1 Å². The Balaban J connectivity index is 1.92. The summed E-state index contributed by atoms with van der Waals surface area (Å²) in [7, 11) is 1.90. The summed E-state index contributed by atoms with van der Waals surface area (Å²) in [6, 6.07) is 0. The van der Waals surface area contributed by atoms with E-state index in [1.54, 1.807) is 4.68 Å². The van der Waals surface area contributed by atoms with Crippen LogP contribution in [0.2, 0.25) is 0 Å². The van der Waals surface area contributed by atoms with Gasteiger partial charge in [0, 0.05) is 26.3 Å². The number of aryl methyl sites for hydroxylation is 2. The Labute approximate surface area is 106 Å². The molecule has 0 bridgehead atoms. The maximum atomic E-state index is 5.36. The second kappa shape index (κ2) is 4.44. The van der Waals surface area contributed by atoms with E-state index in [9.17, 15) is 0 Å². The van der Waals surface area contributed by atoms with Gasteiger partial charge in [0.15, 0.2) is 0 Å². The highest BCUT2D eigenvalue weighted by Crippen LogP contribution is 2.25. The lowest BCUT2D eigenvalue weighted by Gasteiger charge is -2.09. The van der Waals surface area contributed by atoms with E-state index in [-0.39, 0.29) is 0 Å². The summed E-state index contributed by atoms with van der Waals surface area (Å²) in [5, 5.41) is 8.45. The average molecular weight is 247 g/mol. The van der Waals surface area contributed by atoms with Crippen LogP contribution in [0.1, 0.15) is 25.5 Å². The molecule has 1 saturated heterocycles. The molecule has 6 nitrogen and oxygen atoms in total. The Kier molecular flexibility index (Phi) is 2.77. The van der Waals surface area contributed by atoms with Crippen molar-refractivity contribution in [1.29, 1.82) is 0 Å². The lowest BCUT2D eigenvalue weighted by atomic mass is 10.2. The number of nitrogens with zero attached hydrogens (tertiary/aromatic N) is 5. The molecule has 0 saturated carbocycles. The Morgan fingerprint density at radius 1 is 1.33 bits per heavy atom. The van der Waals surface area contributed by atoms with Crippen LogP contribution in [-0.4, -0.2) is 33.0 Å². The summed E-state index contributed by atoms with van der Waals surface area (Å²) in [6.07, 6.45) is 5.20. The van der Waals surface area contributed by atoms with E-state index in [2.05, 4.69) is 27.1 Å². The van der Waals surface area contributed by atoms with Crippen LogP contribution in [0.3, 0.4) is 0 Å². The molecule has 0 spiro atoms. The SMILES string of the molecule is CCc1nn(C)cc1-c1nc(N2CCCC2)no1. The normalized spacial score (nSPS) is 15.6. The Morgan fingerprint density at radius 2 is 2.11 bits per heavy atom. The van der Waals surface area contributed by atoms with Crippen molar-refractivity contribution in [2.24, 2.45) is 7.05 Å². The highest BCUT2D eigenvalue weighted by molar-refractivity contribution is 5.56. The number of hydrogen-bond acceptors (Lipinski definition) is 5. The molecular formula is C12H17N5O. The predicted octanol–water partition coefficient (Wildman–Crippen LogP) is 1.63. The number of rotatable bonds is 3. The van der Waals surface area contributed by atoms with Gasteiger partial charge in [0.05, 0.1) is 11.3 Å². The lowest BCUT2D eigenvalue weighted by Crippen LogP contribution is -2.18. The van der Waals surface area contributed by atoms with Crippen LogP contribution in [0.4, 0.5) is 5.95 Å². The first-order valence-electron chi connectivity index (χ1n) is 6.39. The first kappa shape index (κ1) is 11.3. The zero-order chi connectivity index (χ0) is 12.5. The third-order valence-electron chi connectivity index (χ3n) is 3.27. The molecule has 1 fully saturated rings. The molecular weight excluding hydrogens is 230 g/mol. The van der Waals surface area contributed by atoms with Crippen LogP contribution in [0.25, 0.3) is 11.5 Å². The minimum absolute atomic E-state index is 0.571. The van der Waals surface area contributed by atoms with E-state index in [0.29, 0.717) is 11.8 Å². The fourth-order valence-electron chi connectivity index (χ4n) is 2.34. The minimum Gasteiger partial charge on any atom is -0.338 e. The van der Waals surface area contributed by atoms with Crippen LogP contribution in [-0.2, 0) is 13.5 Å². The largest absolute Gasteiger partial charge is 0.338 e. The van der Waals surface area contributed by atoms with Crippen molar-refractivity contribution in [1.82, 2.24) is 19.9 Å². The first-order valence-corrected chi connectivity index (χ1v) is 6.39. The van der Waals surface area contributed by atoms with Crippen molar-refractivity contribution in [2.75, 3.05) is 18.0 Å². The van der Waals surface area contributed by atoms with Crippen molar-refractivity contribution in [3.8, 4) is 11.5 Å². The smallest absolute Gasteiger partial charge is 0.266 e. The van der Waals surface area contributed by atoms with Gasteiger partial charge >= 0.3 is 0 Å². The molecule has 0 aromatic carbocycles. The molecule has 18 heavy (non-hydrogen) atoms. The van der Waals surface area contributed by atoms with Crippen LogP contribution < -0.4 is 4.90 Å². The number of hydrogen-bond donors (Lipinski definition) is 0. The molecule has 1 aliphatic heterocycles. The molecule has 0 amide bonds. The van der Waals surface area contributed by atoms with E-state index in [0.717, 1.165) is 30.8 Å². The molecule has 0 atom stereocenters. The molecule has 2 aromatic heterocycles. The summed E-state index contributed by atoms with van der Waals surface area (Å²) in [5.74, 6) is 1.27. The highest BCUT2D eigenvalue weighted by Gasteiger charge is 2.20. The Bertz CT molecular complexity index is 538. The fraction of sp³-hybridized carbons (Fsp3) is 0.583. The number of anilines is 1. The van der Waals surface area contributed by atoms with Gasteiger partial charge in [0.2, 0.25) is 0 Å². The quantitative estimate of drug-likeness (QED) is 0.825. The summed E-state index contributed by atoms with van der Waals surface area (Å²) in [4.78, 5) is 6.64. The predicted molar refractivity (Wildman–Crippen MR) is 67.3 cm³/mol. The molecule has 0 N–H and O–H groups in total. The molecule has 96 valence electrons. The van der Waals surface area contributed by atoms with Crippen LogP contribution in [0.5, 0.6) is 0 Å². The van der Waals surface area contributed by atoms with Gasteiger partial charge < -0.3 is 9.42 Å². The summed E-state index contributed by atoms with van der Waals surface area (Å²) >= 11 is 0. The maximum absolute atomic E-state index is 5.36. The molecule has 0 radical (unpaired) electrons. The van der Waals surface area contributed by atoms with Gasteiger partial charge in [-0.1, -0.05) is 6.92 Å². The van der Waals surface area contributed by atoms with Crippen molar-refractivity contribution in [3.63, 3.8) is 0 Å². The third kappa shape index (κ3) is 1.87. The second-order valence-corrected chi connectivity index (χ2v) is 4.61. The van der Waals surface area contributed by atoms with Crippen LogP contribution >= 0.6 is 0 Å². The molecule has 0 unspecified atom stereocenters. The van der Waals surface area contributed by atoms with Crippen molar-refractivity contribution in [3.05, 3.63) is 11.9 Å². The average Bonchev–Trinajstić information content (AvgIpc) is 3.08. The van der Waals surface area contributed by atoms with Gasteiger partial charge in [-0.05, 0) is 24.4 Å². The van der Waals surface area contributed by atoms with E-state index < -0.39 is 0 Å². The lowest BCUT2D eigenvalue weighted by molar-refractivity contribution is 0.429. The van der Waals surface area contributed by atoms with Crippen LogP contribution in [0, 0.1) is 0 Å². The van der Waals surface area contributed by atoms with Crippen molar-refractivity contribution < 1.29 is 4.52 Å². The van der Waals surface area contributed by atoms with E-state index in [4.69, 9.17) is 4.52 Å². The van der Waals surface area contributed by atoms with Gasteiger partial charge in [0.1, 0.15) is 0 Å². The minimum atomic E-state index is 0.571. The molecule has 2 aromatic rings. The monoisotopic (exact) mass is 247 g/mol. The molecule has 3 heterocycles. The second-order valence-electron chi connectivity index (χ2n) is 4.61. The molecule has 3 rings (SSSR count). The number of aromatic nitrogens is 4. The van der Waals surface area contributed by atoms with Gasteiger partial charge in [-0.15, -0.1) is 0 Å². The molecule has 1 aliphatic rings. The van der Waals surface area contributed by atoms with Gasteiger partial charge in [-0.3, -0.25) is 4.68 Å². The van der Waals surface area contributed by atoms with E-state index >= 15 is 0 Å². The van der Waals surface area contributed by atoms with E-state index in [1.807, 2.05) is 13.2 Å². The molecule has 0 aliphatic carbocycles. The molecule has 6 heteroatoms.